The standard InChI is InChI=1S/C23H19Cl2N5O/c1-16-2-8-19(9-3-16)22(31)28-23(29-26-14-17-4-10-20(24)11-5-17)30-27-15-18-6-12-21(25)13-7-18/h2-15H,1H3,(H2,28,29,30,31)/b26-14+,27-15+. The van der Waals surface area contributed by atoms with Crippen LogP contribution in [0.2, 0.25) is 10.0 Å². The number of benzene rings is 3. The van der Waals surface area contributed by atoms with Gasteiger partial charge in [-0.2, -0.15) is 10.2 Å². The van der Waals surface area contributed by atoms with Gasteiger partial charge in [0, 0.05) is 15.6 Å². The predicted molar refractivity (Wildman–Crippen MR) is 127 cm³/mol. The van der Waals surface area contributed by atoms with Gasteiger partial charge in [0.2, 0.25) is 5.96 Å². The van der Waals surface area contributed by atoms with E-state index in [2.05, 4.69) is 26.0 Å². The molecule has 0 spiro atoms. The van der Waals surface area contributed by atoms with E-state index in [1.54, 1.807) is 61.0 Å². The Kier molecular flexibility index (Phi) is 7.92. The zero-order valence-electron chi connectivity index (χ0n) is 16.6. The first-order chi connectivity index (χ1) is 15.0. The zero-order chi connectivity index (χ0) is 22.1. The molecule has 0 aliphatic carbocycles. The number of nitrogens with zero attached hydrogens (tertiary/aromatic N) is 3. The van der Waals surface area contributed by atoms with E-state index in [-0.39, 0.29) is 11.9 Å². The fourth-order valence-electron chi connectivity index (χ4n) is 2.38. The zero-order valence-corrected chi connectivity index (χ0v) is 18.1. The number of carbonyl (C=O) groups is 1. The van der Waals surface area contributed by atoms with Gasteiger partial charge >= 0.3 is 0 Å². The summed E-state index contributed by atoms with van der Waals surface area (Å²) in [5.74, 6) is -0.268. The molecule has 0 aliphatic rings. The van der Waals surface area contributed by atoms with E-state index in [4.69, 9.17) is 23.2 Å². The molecule has 0 unspecified atom stereocenters. The van der Waals surface area contributed by atoms with E-state index in [0.717, 1.165) is 16.7 Å². The number of hydrogen-bond acceptors (Lipinski definition) is 4. The SMILES string of the molecule is Cc1ccc(C(=O)N/C(=N/N=C/c2ccc(Cl)cc2)N/N=C/c2ccc(Cl)cc2)cc1. The highest BCUT2D eigenvalue weighted by Gasteiger charge is 2.08. The Labute approximate surface area is 190 Å². The van der Waals surface area contributed by atoms with Crippen LogP contribution in [-0.2, 0) is 0 Å². The summed E-state index contributed by atoms with van der Waals surface area (Å²) in [6.45, 7) is 1.95. The summed E-state index contributed by atoms with van der Waals surface area (Å²) in [6, 6.07) is 21.4. The van der Waals surface area contributed by atoms with E-state index < -0.39 is 0 Å². The summed E-state index contributed by atoms with van der Waals surface area (Å²) in [7, 11) is 0. The van der Waals surface area contributed by atoms with Crippen molar-refractivity contribution in [1.29, 1.82) is 0 Å². The average molecular weight is 452 g/mol. The molecule has 3 rings (SSSR count). The first-order valence-electron chi connectivity index (χ1n) is 9.29. The van der Waals surface area contributed by atoms with Crippen molar-refractivity contribution < 1.29 is 4.79 Å². The van der Waals surface area contributed by atoms with E-state index in [0.29, 0.717) is 15.6 Å². The molecule has 0 atom stereocenters. The third-order valence-electron chi connectivity index (χ3n) is 4.03. The van der Waals surface area contributed by atoms with Crippen molar-refractivity contribution >= 4 is 47.5 Å². The predicted octanol–water partition coefficient (Wildman–Crippen LogP) is 5.05. The Hall–Kier alpha value is -3.48. The second-order valence-electron chi connectivity index (χ2n) is 6.49. The van der Waals surface area contributed by atoms with Gasteiger partial charge in [-0.1, -0.05) is 65.2 Å². The van der Waals surface area contributed by atoms with E-state index in [1.807, 2.05) is 31.2 Å². The van der Waals surface area contributed by atoms with Gasteiger partial charge in [0.05, 0.1) is 12.4 Å². The van der Waals surface area contributed by atoms with Crippen LogP contribution in [0.5, 0.6) is 0 Å². The van der Waals surface area contributed by atoms with Crippen LogP contribution in [0.4, 0.5) is 0 Å². The van der Waals surface area contributed by atoms with Crippen molar-refractivity contribution in [2.45, 2.75) is 6.92 Å². The van der Waals surface area contributed by atoms with Crippen molar-refractivity contribution in [3.8, 4) is 0 Å². The first kappa shape index (κ1) is 22.2. The Morgan fingerprint density at radius 2 is 1.35 bits per heavy atom. The molecule has 0 saturated heterocycles. The molecule has 0 saturated carbocycles. The quantitative estimate of drug-likeness (QED) is 0.323. The summed E-state index contributed by atoms with van der Waals surface area (Å²) in [5.41, 5.74) is 5.89. The molecule has 31 heavy (non-hydrogen) atoms. The maximum Gasteiger partial charge on any atom is 0.258 e. The molecule has 0 bridgehead atoms. The Morgan fingerprint density at radius 1 is 0.806 bits per heavy atom. The minimum Gasteiger partial charge on any atom is -0.290 e. The molecule has 0 fully saturated rings. The number of nitrogens with one attached hydrogen (secondary N) is 2. The van der Waals surface area contributed by atoms with Crippen LogP contribution in [0.1, 0.15) is 27.0 Å². The van der Waals surface area contributed by atoms with Crippen molar-refractivity contribution in [1.82, 2.24) is 10.7 Å². The lowest BCUT2D eigenvalue weighted by molar-refractivity contribution is 0.0975. The summed E-state index contributed by atoms with van der Waals surface area (Å²) in [5, 5.41) is 16.1. The van der Waals surface area contributed by atoms with E-state index >= 15 is 0 Å². The number of hydrazone groups is 1. The molecule has 2 N–H and O–H groups in total. The molecule has 0 radical (unpaired) electrons. The number of aryl methyl sites for hydroxylation is 1. The van der Waals surface area contributed by atoms with Crippen LogP contribution in [0.25, 0.3) is 0 Å². The lowest BCUT2D eigenvalue weighted by atomic mass is 10.1. The summed E-state index contributed by atoms with van der Waals surface area (Å²) >= 11 is 11.8. The molecule has 156 valence electrons. The summed E-state index contributed by atoms with van der Waals surface area (Å²) in [4.78, 5) is 12.5. The summed E-state index contributed by atoms with van der Waals surface area (Å²) in [6.07, 6.45) is 3.12. The molecular weight excluding hydrogens is 433 g/mol. The fourth-order valence-corrected chi connectivity index (χ4v) is 2.63. The van der Waals surface area contributed by atoms with Crippen LogP contribution in [0.3, 0.4) is 0 Å². The summed E-state index contributed by atoms with van der Waals surface area (Å²) < 4.78 is 0. The average Bonchev–Trinajstić information content (AvgIpc) is 2.77. The Balaban J connectivity index is 1.74. The van der Waals surface area contributed by atoms with Gasteiger partial charge in [0.25, 0.3) is 5.91 Å². The van der Waals surface area contributed by atoms with Crippen LogP contribution in [0, 0.1) is 6.92 Å². The minimum atomic E-state index is -0.338. The number of rotatable bonds is 5. The molecule has 8 heteroatoms. The second-order valence-corrected chi connectivity index (χ2v) is 7.36. The maximum atomic E-state index is 12.5. The van der Waals surface area contributed by atoms with Gasteiger partial charge in [0.1, 0.15) is 0 Å². The van der Waals surface area contributed by atoms with Crippen LogP contribution in [-0.4, -0.2) is 24.3 Å². The van der Waals surface area contributed by atoms with Crippen LogP contribution >= 0.6 is 23.2 Å². The third kappa shape index (κ3) is 7.37. The highest BCUT2D eigenvalue weighted by Crippen LogP contribution is 2.09. The largest absolute Gasteiger partial charge is 0.290 e. The topological polar surface area (TPSA) is 78.2 Å². The van der Waals surface area contributed by atoms with Gasteiger partial charge in [-0.25, -0.2) is 5.43 Å². The molecule has 0 aliphatic heterocycles. The number of guanidine groups is 1. The fraction of sp³-hybridized carbons (Fsp3) is 0.0435. The Morgan fingerprint density at radius 3 is 1.94 bits per heavy atom. The number of carbonyl (C=O) groups excluding carboxylic acids is 1. The van der Waals surface area contributed by atoms with Gasteiger partial charge in [0.15, 0.2) is 0 Å². The second kappa shape index (κ2) is 11.1. The number of halogens is 2. The molecule has 3 aromatic rings. The third-order valence-corrected chi connectivity index (χ3v) is 4.54. The van der Waals surface area contributed by atoms with Crippen molar-refractivity contribution in [3.05, 3.63) is 105 Å². The highest BCUT2D eigenvalue weighted by molar-refractivity contribution is 6.30. The van der Waals surface area contributed by atoms with E-state index in [1.165, 1.54) is 0 Å². The van der Waals surface area contributed by atoms with Gasteiger partial charge in [-0.15, -0.1) is 5.10 Å². The van der Waals surface area contributed by atoms with Gasteiger partial charge < -0.3 is 0 Å². The number of hydrogen-bond donors (Lipinski definition) is 2. The van der Waals surface area contributed by atoms with Crippen LogP contribution < -0.4 is 10.7 Å². The van der Waals surface area contributed by atoms with Crippen LogP contribution in [0.15, 0.2) is 88.1 Å². The Bertz CT molecular complexity index is 1110. The maximum absolute atomic E-state index is 12.5. The molecule has 0 heterocycles. The smallest absolute Gasteiger partial charge is 0.258 e. The molecule has 6 nitrogen and oxygen atoms in total. The lowest BCUT2D eigenvalue weighted by Gasteiger charge is -2.07. The minimum absolute atomic E-state index is 0.0704. The van der Waals surface area contributed by atoms with Crippen molar-refractivity contribution in [2.24, 2.45) is 15.3 Å². The molecule has 3 aromatic carbocycles. The van der Waals surface area contributed by atoms with Gasteiger partial charge in [-0.05, 0) is 54.4 Å². The van der Waals surface area contributed by atoms with Crippen molar-refractivity contribution in [3.63, 3.8) is 0 Å². The first-order valence-corrected chi connectivity index (χ1v) is 10.0. The van der Waals surface area contributed by atoms with Gasteiger partial charge in [-0.3, -0.25) is 10.1 Å². The highest BCUT2D eigenvalue weighted by atomic mass is 35.5. The number of amides is 1. The lowest BCUT2D eigenvalue weighted by Crippen LogP contribution is -2.38. The monoisotopic (exact) mass is 451 g/mol. The molecule has 0 aromatic heterocycles. The normalized spacial score (nSPS) is 11.8. The molecular formula is C23H19Cl2N5O. The van der Waals surface area contributed by atoms with E-state index in [9.17, 15) is 4.79 Å². The molecule has 1 amide bonds. The van der Waals surface area contributed by atoms with Crippen molar-refractivity contribution in [2.75, 3.05) is 0 Å².